The first-order valence-corrected chi connectivity index (χ1v) is 10.00. The van der Waals surface area contributed by atoms with Crippen LogP contribution in [0.5, 0.6) is 0 Å². The van der Waals surface area contributed by atoms with Crippen molar-refractivity contribution in [2.45, 2.75) is 46.1 Å². The summed E-state index contributed by atoms with van der Waals surface area (Å²) in [4.78, 5) is 29.7. The quantitative estimate of drug-likeness (QED) is 0.609. The SMILES string of the molecule is Cc1cccc2nc(CCCNC(=O)OC(C)(C)C)n(-c3cc(F)cc(F)c3)c(=O)c12. The van der Waals surface area contributed by atoms with Gasteiger partial charge < -0.3 is 10.1 Å². The number of carbonyl (C=O) groups is 1. The van der Waals surface area contributed by atoms with Gasteiger partial charge >= 0.3 is 6.09 Å². The molecule has 3 rings (SSSR count). The highest BCUT2D eigenvalue weighted by Crippen LogP contribution is 2.18. The number of benzene rings is 2. The van der Waals surface area contributed by atoms with Crippen molar-refractivity contribution in [3.8, 4) is 5.69 Å². The molecule has 0 saturated heterocycles. The van der Waals surface area contributed by atoms with E-state index >= 15 is 0 Å². The average molecular weight is 429 g/mol. The number of hydrogen-bond donors (Lipinski definition) is 1. The summed E-state index contributed by atoms with van der Waals surface area (Å²) < 4.78 is 34.2. The second kappa shape index (κ2) is 8.83. The van der Waals surface area contributed by atoms with Crippen molar-refractivity contribution < 1.29 is 18.3 Å². The fraction of sp³-hybridized carbons (Fsp3) is 0.348. The van der Waals surface area contributed by atoms with Gasteiger partial charge in [-0.15, -0.1) is 0 Å². The van der Waals surface area contributed by atoms with Crippen LogP contribution < -0.4 is 10.9 Å². The van der Waals surface area contributed by atoms with Crippen molar-refractivity contribution in [2.24, 2.45) is 0 Å². The summed E-state index contributed by atoms with van der Waals surface area (Å²) in [5.74, 6) is -1.23. The van der Waals surface area contributed by atoms with Crippen LogP contribution in [0.15, 0.2) is 41.2 Å². The van der Waals surface area contributed by atoms with Crippen LogP contribution in [0.4, 0.5) is 13.6 Å². The van der Waals surface area contributed by atoms with Crippen LogP contribution in [0.3, 0.4) is 0 Å². The van der Waals surface area contributed by atoms with E-state index in [1.165, 1.54) is 4.57 Å². The molecular formula is C23H25F2N3O3. The summed E-state index contributed by atoms with van der Waals surface area (Å²) in [5.41, 5.74) is 0.287. The molecule has 3 aromatic rings. The Kier molecular flexibility index (Phi) is 6.38. The zero-order valence-electron chi connectivity index (χ0n) is 18.0. The second-order valence-corrected chi connectivity index (χ2v) is 8.30. The summed E-state index contributed by atoms with van der Waals surface area (Å²) >= 11 is 0. The van der Waals surface area contributed by atoms with E-state index in [0.29, 0.717) is 29.6 Å². The average Bonchev–Trinajstić information content (AvgIpc) is 2.63. The van der Waals surface area contributed by atoms with E-state index in [4.69, 9.17) is 4.74 Å². The number of nitrogens with zero attached hydrogens (tertiary/aromatic N) is 2. The van der Waals surface area contributed by atoms with Crippen molar-refractivity contribution in [2.75, 3.05) is 6.54 Å². The number of ether oxygens (including phenoxy) is 1. The van der Waals surface area contributed by atoms with Crippen LogP contribution in [0.25, 0.3) is 16.6 Å². The van der Waals surface area contributed by atoms with E-state index in [1.54, 1.807) is 45.9 Å². The predicted molar refractivity (Wildman–Crippen MR) is 115 cm³/mol. The number of alkyl carbamates (subject to hydrolysis) is 1. The number of aryl methyl sites for hydroxylation is 2. The number of halogens is 2. The highest BCUT2D eigenvalue weighted by molar-refractivity contribution is 5.81. The van der Waals surface area contributed by atoms with E-state index in [-0.39, 0.29) is 12.2 Å². The molecule has 0 aliphatic carbocycles. The highest BCUT2D eigenvalue weighted by atomic mass is 19.1. The van der Waals surface area contributed by atoms with E-state index in [1.807, 2.05) is 0 Å². The molecule has 1 N–H and O–H groups in total. The molecule has 164 valence electrons. The molecule has 31 heavy (non-hydrogen) atoms. The van der Waals surface area contributed by atoms with Crippen molar-refractivity contribution in [3.05, 3.63) is 69.8 Å². The molecule has 0 unspecified atom stereocenters. The van der Waals surface area contributed by atoms with Crippen molar-refractivity contribution in [3.63, 3.8) is 0 Å². The minimum atomic E-state index is -0.788. The lowest BCUT2D eigenvalue weighted by Crippen LogP contribution is -2.33. The normalized spacial score (nSPS) is 11.5. The summed E-state index contributed by atoms with van der Waals surface area (Å²) in [6, 6.07) is 8.25. The van der Waals surface area contributed by atoms with Gasteiger partial charge in [-0.1, -0.05) is 12.1 Å². The van der Waals surface area contributed by atoms with Crippen LogP contribution >= 0.6 is 0 Å². The van der Waals surface area contributed by atoms with Crippen LogP contribution in [0, 0.1) is 18.6 Å². The molecule has 6 nitrogen and oxygen atoms in total. The smallest absolute Gasteiger partial charge is 0.407 e. The number of carbonyl (C=O) groups excluding carboxylic acids is 1. The zero-order chi connectivity index (χ0) is 22.8. The topological polar surface area (TPSA) is 73.2 Å². The van der Waals surface area contributed by atoms with E-state index in [9.17, 15) is 18.4 Å². The fourth-order valence-electron chi connectivity index (χ4n) is 3.30. The monoisotopic (exact) mass is 429 g/mol. The number of rotatable bonds is 5. The van der Waals surface area contributed by atoms with Crippen LogP contribution in [-0.4, -0.2) is 27.8 Å². The Morgan fingerprint density at radius 2 is 1.84 bits per heavy atom. The first-order valence-electron chi connectivity index (χ1n) is 10.00. The standard InChI is InChI=1S/C23H25F2N3O3/c1-14-7-5-8-18-20(14)21(29)28(17-12-15(24)11-16(25)13-17)19(27-18)9-6-10-26-22(30)31-23(2,3)4/h5,7-8,11-13H,6,9-10H2,1-4H3,(H,26,30). The molecule has 2 aromatic carbocycles. The lowest BCUT2D eigenvalue weighted by molar-refractivity contribution is 0.0527. The maximum absolute atomic E-state index is 13.9. The number of fused-ring (bicyclic) bond motifs is 1. The van der Waals surface area contributed by atoms with Crippen molar-refractivity contribution >= 4 is 17.0 Å². The summed E-state index contributed by atoms with van der Waals surface area (Å²) in [6.45, 7) is 7.37. The van der Waals surface area contributed by atoms with Gasteiger partial charge in [0, 0.05) is 19.0 Å². The Morgan fingerprint density at radius 3 is 2.48 bits per heavy atom. The molecular weight excluding hydrogens is 404 g/mol. The first kappa shape index (κ1) is 22.4. The van der Waals surface area contributed by atoms with E-state index in [2.05, 4.69) is 10.3 Å². The van der Waals surface area contributed by atoms with E-state index in [0.717, 1.165) is 23.8 Å². The Morgan fingerprint density at radius 1 is 1.16 bits per heavy atom. The Hall–Kier alpha value is -3.29. The number of hydrogen-bond acceptors (Lipinski definition) is 4. The molecule has 1 heterocycles. The van der Waals surface area contributed by atoms with Gasteiger partial charge in [0.25, 0.3) is 5.56 Å². The van der Waals surface area contributed by atoms with Crippen LogP contribution in [0.2, 0.25) is 0 Å². The number of amides is 1. The third-order valence-electron chi connectivity index (χ3n) is 4.53. The van der Waals surface area contributed by atoms with Crippen molar-refractivity contribution in [1.82, 2.24) is 14.9 Å². The minimum Gasteiger partial charge on any atom is -0.444 e. The van der Waals surface area contributed by atoms with Gasteiger partial charge in [0.05, 0.1) is 16.6 Å². The lowest BCUT2D eigenvalue weighted by Gasteiger charge is -2.19. The van der Waals surface area contributed by atoms with E-state index < -0.39 is 28.9 Å². The first-order chi connectivity index (χ1) is 14.5. The van der Waals surface area contributed by atoms with Gasteiger partial charge in [-0.2, -0.15) is 0 Å². The molecule has 0 aliphatic heterocycles. The zero-order valence-corrected chi connectivity index (χ0v) is 18.0. The number of nitrogens with one attached hydrogen (secondary N) is 1. The maximum Gasteiger partial charge on any atom is 0.407 e. The Balaban J connectivity index is 1.94. The maximum atomic E-state index is 13.9. The Labute approximate surface area is 178 Å². The molecule has 0 fully saturated rings. The molecule has 0 bridgehead atoms. The Bertz CT molecular complexity index is 1160. The van der Waals surface area contributed by atoms with Gasteiger partial charge in [-0.05, 0) is 57.9 Å². The molecule has 0 atom stereocenters. The molecule has 0 spiro atoms. The summed E-state index contributed by atoms with van der Waals surface area (Å²) in [5, 5.41) is 3.04. The second-order valence-electron chi connectivity index (χ2n) is 8.30. The fourth-order valence-corrected chi connectivity index (χ4v) is 3.30. The minimum absolute atomic E-state index is 0.0651. The molecule has 8 heteroatoms. The van der Waals surface area contributed by atoms with Gasteiger partial charge in [-0.3, -0.25) is 9.36 Å². The molecule has 0 radical (unpaired) electrons. The highest BCUT2D eigenvalue weighted by Gasteiger charge is 2.17. The summed E-state index contributed by atoms with van der Waals surface area (Å²) in [7, 11) is 0. The molecule has 1 aromatic heterocycles. The van der Waals surface area contributed by atoms with Gasteiger partial charge in [0.1, 0.15) is 23.1 Å². The lowest BCUT2D eigenvalue weighted by atomic mass is 10.1. The molecule has 0 aliphatic rings. The molecule has 0 saturated carbocycles. The van der Waals surface area contributed by atoms with Crippen LogP contribution in [0.1, 0.15) is 38.6 Å². The molecule has 1 amide bonds. The largest absolute Gasteiger partial charge is 0.444 e. The van der Waals surface area contributed by atoms with Gasteiger partial charge in [-0.25, -0.2) is 18.6 Å². The third kappa shape index (κ3) is 5.45. The van der Waals surface area contributed by atoms with Gasteiger partial charge in [0.15, 0.2) is 0 Å². The summed E-state index contributed by atoms with van der Waals surface area (Å²) in [6.07, 6.45) is 0.201. The van der Waals surface area contributed by atoms with Crippen LogP contribution in [-0.2, 0) is 11.2 Å². The van der Waals surface area contributed by atoms with Crippen molar-refractivity contribution in [1.29, 1.82) is 0 Å². The third-order valence-corrected chi connectivity index (χ3v) is 4.53. The number of aromatic nitrogens is 2. The van der Waals surface area contributed by atoms with Gasteiger partial charge in [0.2, 0.25) is 0 Å². The predicted octanol–water partition coefficient (Wildman–Crippen LogP) is 4.43.